The summed E-state index contributed by atoms with van der Waals surface area (Å²) in [5.41, 5.74) is 3.46. The Bertz CT molecular complexity index is 1090. The molecule has 0 saturated carbocycles. The highest BCUT2D eigenvalue weighted by molar-refractivity contribution is 6.30. The van der Waals surface area contributed by atoms with Gasteiger partial charge in [-0.1, -0.05) is 11.6 Å². The third-order valence-electron chi connectivity index (χ3n) is 6.27. The fraction of sp³-hybridized carbons (Fsp3) is 0.435. The van der Waals surface area contributed by atoms with E-state index in [0.717, 1.165) is 27.5 Å². The molecule has 0 unspecified atom stereocenters. The number of nitrogens with zero attached hydrogens (tertiary/aromatic N) is 5. The smallest absolute Gasteiger partial charge is 0.242 e. The Morgan fingerprint density at radius 3 is 2.03 bits per heavy atom. The molecule has 0 spiro atoms. The van der Waals surface area contributed by atoms with Crippen LogP contribution in [0.3, 0.4) is 0 Å². The van der Waals surface area contributed by atoms with Crippen LogP contribution in [-0.2, 0) is 25.6 Å². The number of amides is 4. The van der Waals surface area contributed by atoms with Crippen LogP contribution in [0.25, 0.3) is 5.69 Å². The van der Waals surface area contributed by atoms with E-state index < -0.39 is 0 Å². The zero-order chi connectivity index (χ0) is 23.7. The number of halogens is 1. The molecule has 10 heteroatoms. The Balaban J connectivity index is 1.35. The average Bonchev–Trinajstić information content (AvgIpc) is 3.27. The summed E-state index contributed by atoms with van der Waals surface area (Å²) in [5.74, 6) is -0.880. The molecule has 4 rings (SSSR count). The topological polar surface area (TPSA) is 95.8 Å². The zero-order valence-electron chi connectivity index (χ0n) is 18.7. The van der Waals surface area contributed by atoms with E-state index in [1.165, 1.54) is 0 Å². The zero-order valence-corrected chi connectivity index (χ0v) is 19.5. The fourth-order valence-electron chi connectivity index (χ4n) is 4.27. The molecule has 33 heavy (non-hydrogen) atoms. The SMILES string of the molecule is Cc1nn(-c2ccc(Cl)cc2)c(C)c1CC(=O)N1CCN(C(=O)CN2C(=O)CCC2=O)CC1. The molecule has 0 aliphatic carbocycles. The molecule has 4 amide bonds. The minimum atomic E-state index is -0.299. The van der Waals surface area contributed by atoms with Crippen molar-refractivity contribution in [1.29, 1.82) is 0 Å². The molecule has 0 radical (unpaired) electrons. The summed E-state index contributed by atoms with van der Waals surface area (Å²) in [6.45, 7) is 5.19. The number of hydrogen-bond donors (Lipinski definition) is 0. The number of carbonyl (C=O) groups excluding carboxylic acids is 4. The molecule has 2 aliphatic rings. The number of piperazine rings is 1. The Hall–Kier alpha value is -3.20. The number of imide groups is 1. The highest BCUT2D eigenvalue weighted by atomic mass is 35.5. The lowest BCUT2D eigenvalue weighted by Crippen LogP contribution is -2.53. The minimum Gasteiger partial charge on any atom is -0.339 e. The molecule has 174 valence electrons. The van der Waals surface area contributed by atoms with Gasteiger partial charge in [0.25, 0.3) is 0 Å². The molecule has 2 saturated heterocycles. The van der Waals surface area contributed by atoms with Crippen LogP contribution >= 0.6 is 11.6 Å². The van der Waals surface area contributed by atoms with Gasteiger partial charge in [0.2, 0.25) is 23.6 Å². The second kappa shape index (κ2) is 9.35. The Morgan fingerprint density at radius 1 is 0.909 bits per heavy atom. The highest BCUT2D eigenvalue weighted by Crippen LogP contribution is 2.21. The van der Waals surface area contributed by atoms with Crippen LogP contribution in [0.4, 0.5) is 0 Å². The first kappa shape index (κ1) is 23.0. The summed E-state index contributed by atoms with van der Waals surface area (Å²) >= 11 is 5.98. The molecule has 2 aromatic rings. The van der Waals surface area contributed by atoms with Gasteiger partial charge in [-0.3, -0.25) is 24.1 Å². The van der Waals surface area contributed by atoms with E-state index in [2.05, 4.69) is 5.10 Å². The highest BCUT2D eigenvalue weighted by Gasteiger charge is 2.33. The van der Waals surface area contributed by atoms with Crippen LogP contribution in [-0.4, -0.2) is 80.8 Å². The molecule has 0 N–H and O–H groups in total. The lowest BCUT2D eigenvalue weighted by Gasteiger charge is -2.35. The molecule has 1 aromatic heterocycles. The van der Waals surface area contributed by atoms with Gasteiger partial charge in [0, 0.05) is 55.3 Å². The van der Waals surface area contributed by atoms with E-state index in [0.29, 0.717) is 31.2 Å². The molecule has 2 fully saturated rings. The quantitative estimate of drug-likeness (QED) is 0.616. The minimum absolute atomic E-state index is 0.0196. The van der Waals surface area contributed by atoms with E-state index in [9.17, 15) is 19.2 Å². The van der Waals surface area contributed by atoms with E-state index in [-0.39, 0.29) is 49.4 Å². The fourth-order valence-corrected chi connectivity index (χ4v) is 4.39. The van der Waals surface area contributed by atoms with Crippen LogP contribution in [0, 0.1) is 13.8 Å². The van der Waals surface area contributed by atoms with Crippen LogP contribution in [0.2, 0.25) is 5.02 Å². The monoisotopic (exact) mass is 471 g/mol. The van der Waals surface area contributed by atoms with E-state index in [1.54, 1.807) is 21.9 Å². The van der Waals surface area contributed by atoms with Gasteiger partial charge in [0.15, 0.2) is 0 Å². The second-order valence-corrected chi connectivity index (χ2v) is 8.79. The van der Waals surface area contributed by atoms with Crippen molar-refractivity contribution < 1.29 is 19.2 Å². The number of carbonyl (C=O) groups is 4. The summed E-state index contributed by atoms with van der Waals surface area (Å²) in [5, 5.41) is 5.24. The summed E-state index contributed by atoms with van der Waals surface area (Å²) < 4.78 is 1.81. The number of rotatable bonds is 5. The van der Waals surface area contributed by atoms with Gasteiger partial charge in [-0.15, -0.1) is 0 Å². The van der Waals surface area contributed by atoms with E-state index >= 15 is 0 Å². The van der Waals surface area contributed by atoms with Crippen LogP contribution in [0.15, 0.2) is 24.3 Å². The van der Waals surface area contributed by atoms with Crippen LogP contribution in [0.1, 0.15) is 29.8 Å². The van der Waals surface area contributed by atoms with Crippen molar-refractivity contribution in [2.45, 2.75) is 33.1 Å². The Kier molecular flexibility index (Phi) is 6.51. The molecular formula is C23H26ClN5O4. The molecule has 3 heterocycles. The summed E-state index contributed by atoms with van der Waals surface area (Å²) in [6.07, 6.45) is 0.569. The van der Waals surface area contributed by atoms with Crippen LogP contribution in [0.5, 0.6) is 0 Å². The maximum atomic E-state index is 13.0. The lowest BCUT2D eigenvalue weighted by atomic mass is 10.1. The molecular weight excluding hydrogens is 446 g/mol. The van der Waals surface area contributed by atoms with Gasteiger partial charge in [0.05, 0.1) is 17.8 Å². The normalized spacial score (nSPS) is 16.6. The Labute approximate surface area is 196 Å². The van der Waals surface area contributed by atoms with Gasteiger partial charge in [0.1, 0.15) is 6.54 Å². The Morgan fingerprint density at radius 2 is 1.45 bits per heavy atom. The maximum Gasteiger partial charge on any atom is 0.242 e. The first-order valence-corrected chi connectivity index (χ1v) is 11.3. The van der Waals surface area contributed by atoms with Crippen molar-refractivity contribution in [3.05, 3.63) is 46.2 Å². The van der Waals surface area contributed by atoms with Gasteiger partial charge in [-0.2, -0.15) is 5.10 Å². The van der Waals surface area contributed by atoms with Crippen molar-refractivity contribution in [2.24, 2.45) is 0 Å². The summed E-state index contributed by atoms with van der Waals surface area (Å²) in [7, 11) is 0. The summed E-state index contributed by atoms with van der Waals surface area (Å²) in [4.78, 5) is 53.4. The third kappa shape index (κ3) is 4.78. The first-order valence-electron chi connectivity index (χ1n) is 10.9. The van der Waals surface area contributed by atoms with E-state index in [4.69, 9.17) is 11.6 Å². The standard InChI is InChI=1S/C23H26ClN5O4/c1-15-19(16(2)29(25-15)18-5-3-17(24)4-6-18)13-22(32)26-9-11-27(12-10-26)23(33)14-28-20(30)7-8-21(28)31/h3-6H,7-14H2,1-2H3. The number of aromatic nitrogens is 2. The predicted molar refractivity (Wildman–Crippen MR) is 121 cm³/mol. The van der Waals surface area contributed by atoms with E-state index in [1.807, 2.05) is 30.7 Å². The van der Waals surface area contributed by atoms with Crippen molar-refractivity contribution in [2.75, 3.05) is 32.7 Å². The third-order valence-corrected chi connectivity index (χ3v) is 6.53. The number of likely N-dealkylation sites (tertiary alicyclic amines) is 1. The first-order chi connectivity index (χ1) is 15.7. The predicted octanol–water partition coefficient (Wildman–Crippen LogP) is 1.50. The van der Waals surface area contributed by atoms with Crippen molar-refractivity contribution in [3.8, 4) is 5.69 Å². The molecule has 2 aliphatic heterocycles. The molecule has 9 nitrogen and oxygen atoms in total. The average molecular weight is 472 g/mol. The number of benzene rings is 1. The lowest BCUT2D eigenvalue weighted by molar-refractivity contribution is -0.147. The number of aryl methyl sites for hydroxylation is 1. The molecule has 0 bridgehead atoms. The number of hydrogen-bond acceptors (Lipinski definition) is 5. The summed E-state index contributed by atoms with van der Waals surface area (Å²) in [6, 6.07) is 7.36. The van der Waals surface area contributed by atoms with Crippen molar-refractivity contribution >= 4 is 35.2 Å². The molecule has 0 atom stereocenters. The van der Waals surface area contributed by atoms with Gasteiger partial charge in [-0.05, 0) is 38.1 Å². The second-order valence-electron chi connectivity index (χ2n) is 8.35. The van der Waals surface area contributed by atoms with Crippen LogP contribution < -0.4 is 0 Å². The largest absolute Gasteiger partial charge is 0.339 e. The van der Waals surface area contributed by atoms with Gasteiger partial charge >= 0.3 is 0 Å². The van der Waals surface area contributed by atoms with Gasteiger partial charge < -0.3 is 9.80 Å². The van der Waals surface area contributed by atoms with Gasteiger partial charge in [-0.25, -0.2) is 4.68 Å². The van der Waals surface area contributed by atoms with Crippen molar-refractivity contribution in [1.82, 2.24) is 24.5 Å². The van der Waals surface area contributed by atoms with Crippen molar-refractivity contribution in [3.63, 3.8) is 0 Å². The molecule has 1 aromatic carbocycles. The maximum absolute atomic E-state index is 13.0.